The number of imide groups is 1. The van der Waals surface area contributed by atoms with Gasteiger partial charge < -0.3 is 14.6 Å². The second-order valence-corrected chi connectivity index (χ2v) is 8.09. The van der Waals surface area contributed by atoms with E-state index in [4.69, 9.17) is 4.74 Å². The maximum atomic E-state index is 13.4. The highest BCUT2D eigenvalue weighted by molar-refractivity contribution is 6.11. The summed E-state index contributed by atoms with van der Waals surface area (Å²) < 4.78 is 7.16. The largest absolute Gasteiger partial charge is 0.383 e. The minimum Gasteiger partial charge on any atom is -0.383 e. The molecule has 158 valence electrons. The van der Waals surface area contributed by atoms with Crippen LogP contribution in [-0.2, 0) is 28.0 Å². The van der Waals surface area contributed by atoms with Crippen LogP contribution in [0.5, 0.6) is 0 Å². The highest BCUT2D eigenvalue weighted by Crippen LogP contribution is 2.39. The number of nitrogens with one attached hydrogen (secondary N) is 1. The molecule has 2 heterocycles. The number of ketones is 1. The SMILES string of the molecule is COCCn1c(C)cc(C(=O)CN2C(=O)N[C@@]3(CCCc4ccccc43)C2=O)c1C. The molecule has 0 radical (unpaired) electrons. The van der Waals surface area contributed by atoms with Gasteiger partial charge in [-0.1, -0.05) is 24.3 Å². The number of carbonyl (C=O) groups is 3. The molecular formula is C23H27N3O4. The predicted octanol–water partition coefficient (Wildman–Crippen LogP) is 2.72. The molecule has 1 aromatic heterocycles. The Bertz CT molecular complexity index is 1030. The highest BCUT2D eigenvalue weighted by atomic mass is 16.5. The van der Waals surface area contributed by atoms with E-state index in [1.54, 1.807) is 7.11 Å². The van der Waals surface area contributed by atoms with Crippen LogP contribution in [0.15, 0.2) is 30.3 Å². The van der Waals surface area contributed by atoms with Gasteiger partial charge in [0.15, 0.2) is 5.78 Å². The topological polar surface area (TPSA) is 80.6 Å². The maximum absolute atomic E-state index is 13.4. The number of urea groups is 1. The van der Waals surface area contributed by atoms with Gasteiger partial charge in [0.05, 0.1) is 13.2 Å². The zero-order valence-electron chi connectivity index (χ0n) is 17.7. The molecule has 7 nitrogen and oxygen atoms in total. The van der Waals surface area contributed by atoms with E-state index in [2.05, 4.69) is 5.32 Å². The number of hydrogen-bond acceptors (Lipinski definition) is 4. The molecule has 0 saturated carbocycles. The molecule has 2 aliphatic rings. The second kappa shape index (κ2) is 7.72. The molecule has 1 saturated heterocycles. The fourth-order valence-electron chi connectivity index (χ4n) is 4.79. The number of methoxy groups -OCH3 is 1. The number of hydrogen-bond donors (Lipinski definition) is 1. The Morgan fingerprint density at radius 3 is 2.77 bits per heavy atom. The molecule has 3 amide bonds. The van der Waals surface area contributed by atoms with Crippen molar-refractivity contribution < 1.29 is 19.1 Å². The third kappa shape index (κ3) is 3.13. The van der Waals surface area contributed by atoms with Crippen molar-refractivity contribution in [1.29, 1.82) is 0 Å². The van der Waals surface area contributed by atoms with Crippen LogP contribution in [0, 0.1) is 13.8 Å². The summed E-state index contributed by atoms with van der Waals surface area (Å²) in [5, 5.41) is 2.90. The molecule has 0 unspecified atom stereocenters. The van der Waals surface area contributed by atoms with Gasteiger partial charge in [-0.15, -0.1) is 0 Å². The normalized spacial score (nSPS) is 20.6. The number of fused-ring (bicyclic) bond motifs is 2. The molecule has 1 aromatic carbocycles. The number of nitrogens with zero attached hydrogens (tertiary/aromatic N) is 2. The summed E-state index contributed by atoms with van der Waals surface area (Å²) in [5.41, 5.74) is 3.17. The van der Waals surface area contributed by atoms with Gasteiger partial charge in [-0.25, -0.2) is 4.79 Å². The van der Waals surface area contributed by atoms with Gasteiger partial charge >= 0.3 is 6.03 Å². The fraction of sp³-hybridized carbons (Fsp3) is 0.435. The first-order valence-corrected chi connectivity index (χ1v) is 10.3. The Labute approximate surface area is 176 Å². The van der Waals surface area contributed by atoms with E-state index in [-0.39, 0.29) is 18.2 Å². The smallest absolute Gasteiger partial charge is 0.325 e. The highest BCUT2D eigenvalue weighted by Gasteiger charge is 2.54. The molecule has 1 fully saturated rings. The Morgan fingerprint density at radius 2 is 2.00 bits per heavy atom. The zero-order chi connectivity index (χ0) is 21.5. The molecule has 1 aliphatic heterocycles. The average molecular weight is 409 g/mol. The van der Waals surface area contributed by atoms with E-state index in [9.17, 15) is 14.4 Å². The van der Waals surface area contributed by atoms with E-state index < -0.39 is 11.6 Å². The maximum Gasteiger partial charge on any atom is 0.325 e. The van der Waals surface area contributed by atoms with Gasteiger partial charge in [0, 0.05) is 30.6 Å². The lowest BCUT2D eigenvalue weighted by Gasteiger charge is -2.33. The van der Waals surface area contributed by atoms with Crippen molar-refractivity contribution in [3.63, 3.8) is 0 Å². The molecule has 2 aromatic rings. The van der Waals surface area contributed by atoms with Crippen molar-refractivity contribution in [1.82, 2.24) is 14.8 Å². The summed E-state index contributed by atoms with van der Waals surface area (Å²) in [7, 11) is 1.64. The van der Waals surface area contributed by atoms with Gasteiger partial charge in [0.2, 0.25) is 0 Å². The van der Waals surface area contributed by atoms with Crippen LogP contribution in [0.1, 0.15) is 45.7 Å². The van der Waals surface area contributed by atoms with E-state index in [1.807, 2.05) is 48.7 Å². The average Bonchev–Trinajstić information content (AvgIpc) is 3.15. The standard InChI is InChI=1S/C23H27N3O4/c1-15-13-18(16(2)25(15)11-12-30-3)20(27)14-26-21(28)23(24-22(26)29)10-6-8-17-7-4-5-9-19(17)23/h4-5,7,9,13H,6,8,10-12,14H2,1-3H3,(H,24,29)/t23-/m1/s1. The lowest BCUT2D eigenvalue weighted by molar-refractivity contribution is -0.131. The number of benzene rings is 1. The molecule has 1 N–H and O–H groups in total. The number of carbonyl (C=O) groups excluding carboxylic acids is 3. The zero-order valence-corrected chi connectivity index (χ0v) is 17.7. The van der Waals surface area contributed by atoms with Crippen molar-refractivity contribution in [3.8, 4) is 0 Å². The summed E-state index contributed by atoms with van der Waals surface area (Å²) in [6.45, 7) is 4.73. The van der Waals surface area contributed by atoms with Gasteiger partial charge in [0.25, 0.3) is 5.91 Å². The van der Waals surface area contributed by atoms with Crippen molar-refractivity contribution in [2.75, 3.05) is 20.3 Å². The minimum atomic E-state index is -1.05. The number of aryl methyl sites for hydroxylation is 2. The molecule has 1 atom stereocenters. The van der Waals surface area contributed by atoms with Crippen molar-refractivity contribution >= 4 is 17.7 Å². The van der Waals surface area contributed by atoms with Crippen molar-refractivity contribution in [2.45, 2.75) is 45.2 Å². The monoisotopic (exact) mass is 409 g/mol. The first kappa shape index (κ1) is 20.3. The summed E-state index contributed by atoms with van der Waals surface area (Å²) in [6.07, 6.45) is 2.24. The number of aromatic nitrogens is 1. The first-order chi connectivity index (χ1) is 14.4. The van der Waals surface area contributed by atoms with Crippen LogP contribution in [0.3, 0.4) is 0 Å². The predicted molar refractivity (Wildman–Crippen MR) is 111 cm³/mol. The Hall–Kier alpha value is -2.93. The molecule has 0 bridgehead atoms. The summed E-state index contributed by atoms with van der Waals surface area (Å²) >= 11 is 0. The minimum absolute atomic E-state index is 0.239. The fourth-order valence-corrected chi connectivity index (χ4v) is 4.79. The first-order valence-electron chi connectivity index (χ1n) is 10.3. The van der Waals surface area contributed by atoms with Crippen LogP contribution >= 0.6 is 0 Å². The molecule has 1 aliphatic carbocycles. The van der Waals surface area contributed by atoms with Crippen LogP contribution in [0.4, 0.5) is 4.79 Å². The van der Waals surface area contributed by atoms with Crippen LogP contribution < -0.4 is 5.32 Å². The van der Waals surface area contributed by atoms with Gasteiger partial charge in [-0.05, 0) is 50.3 Å². The van der Waals surface area contributed by atoms with Crippen LogP contribution in [-0.4, -0.2) is 47.4 Å². The van der Waals surface area contributed by atoms with Crippen molar-refractivity contribution in [3.05, 3.63) is 58.4 Å². The lowest BCUT2D eigenvalue weighted by Crippen LogP contribution is -2.46. The van der Waals surface area contributed by atoms with Crippen LogP contribution in [0.25, 0.3) is 0 Å². The number of Topliss-reactive ketones (excluding diaryl/α,β-unsaturated/α-hetero) is 1. The number of amides is 3. The molecule has 1 spiro atoms. The molecule has 30 heavy (non-hydrogen) atoms. The lowest BCUT2D eigenvalue weighted by atomic mass is 9.76. The summed E-state index contributed by atoms with van der Waals surface area (Å²) in [4.78, 5) is 40.3. The van der Waals surface area contributed by atoms with E-state index in [0.717, 1.165) is 40.3 Å². The summed E-state index contributed by atoms with van der Waals surface area (Å²) in [6, 6.07) is 9.05. The Morgan fingerprint density at radius 1 is 1.23 bits per heavy atom. The molecular weight excluding hydrogens is 382 g/mol. The van der Waals surface area contributed by atoms with Crippen LogP contribution in [0.2, 0.25) is 0 Å². The van der Waals surface area contributed by atoms with Crippen molar-refractivity contribution in [2.24, 2.45) is 0 Å². The third-order valence-electron chi connectivity index (χ3n) is 6.35. The quantitative estimate of drug-likeness (QED) is 0.588. The van der Waals surface area contributed by atoms with E-state index in [0.29, 0.717) is 25.1 Å². The Kier molecular flexibility index (Phi) is 5.24. The van der Waals surface area contributed by atoms with Gasteiger partial charge in [-0.3, -0.25) is 14.5 Å². The number of rotatable bonds is 6. The summed E-state index contributed by atoms with van der Waals surface area (Å²) in [5.74, 6) is -0.572. The van der Waals surface area contributed by atoms with Gasteiger partial charge in [-0.2, -0.15) is 0 Å². The second-order valence-electron chi connectivity index (χ2n) is 8.09. The third-order valence-corrected chi connectivity index (χ3v) is 6.35. The molecule has 4 rings (SSSR count). The molecule has 7 heteroatoms. The number of ether oxygens (including phenoxy) is 1. The van der Waals surface area contributed by atoms with Gasteiger partial charge in [0.1, 0.15) is 5.54 Å². The van der Waals surface area contributed by atoms with E-state index >= 15 is 0 Å². The Balaban J connectivity index is 1.59. The van der Waals surface area contributed by atoms with E-state index in [1.165, 1.54) is 0 Å².